The topological polar surface area (TPSA) is 49.4 Å². The molecule has 0 amide bonds. The molecule has 1 N–H and O–H groups in total. The van der Waals surface area contributed by atoms with Gasteiger partial charge in [0.2, 0.25) is 10.0 Å². The highest BCUT2D eigenvalue weighted by Crippen LogP contribution is 2.16. The van der Waals surface area contributed by atoms with E-state index < -0.39 is 10.0 Å². The molecule has 0 aliphatic carbocycles. The van der Waals surface area contributed by atoms with Crippen molar-refractivity contribution in [3.63, 3.8) is 0 Å². The summed E-state index contributed by atoms with van der Waals surface area (Å²) in [6.07, 6.45) is 3.14. The van der Waals surface area contributed by atoms with E-state index in [0.29, 0.717) is 0 Å². The van der Waals surface area contributed by atoms with E-state index in [0.717, 1.165) is 37.5 Å². The van der Waals surface area contributed by atoms with Gasteiger partial charge in [-0.25, -0.2) is 13.1 Å². The molecule has 1 aliphatic heterocycles. The molecule has 1 saturated heterocycles. The predicted molar refractivity (Wildman–Crippen MR) is 77.7 cm³/mol. The summed E-state index contributed by atoms with van der Waals surface area (Å²) in [7, 11) is -3.12. The van der Waals surface area contributed by atoms with Crippen LogP contribution in [0, 0.1) is 0 Å². The van der Waals surface area contributed by atoms with Crippen LogP contribution in [0.25, 0.3) is 0 Å². The molecule has 6 heteroatoms. The summed E-state index contributed by atoms with van der Waals surface area (Å²) < 4.78 is 25.2. The van der Waals surface area contributed by atoms with Gasteiger partial charge in [0.15, 0.2) is 0 Å². The largest absolute Gasteiger partial charge is 0.298 e. The van der Waals surface area contributed by atoms with Crippen molar-refractivity contribution in [3.8, 4) is 0 Å². The van der Waals surface area contributed by atoms with Gasteiger partial charge in [-0.05, 0) is 37.1 Å². The molecule has 1 aliphatic rings. The summed E-state index contributed by atoms with van der Waals surface area (Å²) in [6, 6.07) is 7.81. The molecular weight excluding hydrogens is 284 g/mol. The van der Waals surface area contributed by atoms with Crippen molar-refractivity contribution >= 4 is 21.6 Å². The van der Waals surface area contributed by atoms with Gasteiger partial charge >= 0.3 is 0 Å². The van der Waals surface area contributed by atoms with Crippen LogP contribution in [0.15, 0.2) is 24.3 Å². The molecule has 1 fully saturated rings. The minimum Gasteiger partial charge on any atom is -0.298 e. The summed E-state index contributed by atoms with van der Waals surface area (Å²) in [4.78, 5) is 2.27. The molecule has 1 aromatic carbocycles. The van der Waals surface area contributed by atoms with Crippen molar-refractivity contribution in [1.82, 2.24) is 9.62 Å². The van der Waals surface area contributed by atoms with Crippen LogP contribution < -0.4 is 4.72 Å². The van der Waals surface area contributed by atoms with Crippen molar-refractivity contribution in [2.75, 3.05) is 19.3 Å². The molecule has 1 heterocycles. The lowest BCUT2D eigenvalue weighted by molar-refractivity contribution is 0.194. The molecule has 4 nitrogen and oxygen atoms in total. The number of hydrogen-bond donors (Lipinski definition) is 1. The van der Waals surface area contributed by atoms with Gasteiger partial charge in [-0.15, -0.1) is 0 Å². The lowest BCUT2D eigenvalue weighted by Gasteiger charge is -2.32. The highest BCUT2D eigenvalue weighted by atomic mass is 35.5. The normalized spacial score (nSPS) is 21.5. The maximum absolute atomic E-state index is 11.3. The Hall–Kier alpha value is -0.620. The second kappa shape index (κ2) is 6.22. The van der Waals surface area contributed by atoms with Crippen LogP contribution in [0.5, 0.6) is 0 Å². The first-order valence-corrected chi connectivity index (χ1v) is 8.63. The SMILES string of the molecule is CS(=O)(=O)NC1CCCN(Cc2ccc(Cl)cc2)C1. The number of nitrogens with zero attached hydrogens (tertiary/aromatic N) is 1. The molecule has 1 atom stereocenters. The van der Waals surface area contributed by atoms with Crippen molar-refractivity contribution < 1.29 is 8.42 Å². The second-order valence-electron chi connectivity index (χ2n) is 5.09. The minimum atomic E-state index is -3.12. The van der Waals surface area contributed by atoms with Crippen molar-refractivity contribution in [3.05, 3.63) is 34.9 Å². The van der Waals surface area contributed by atoms with E-state index in [1.165, 1.54) is 11.8 Å². The first kappa shape index (κ1) is 14.8. The van der Waals surface area contributed by atoms with Crippen molar-refractivity contribution in [2.45, 2.75) is 25.4 Å². The quantitative estimate of drug-likeness (QED) is 0.923. The minimum absolute atomic E-state index is 0.0241. The Kier molecular flexibility index (Phi) is 4.84. The molecule has 0 radical (unpaired) electrons. The first-order valence-electron chi connectivity index (χ1n) is 6.36. The van der Waals surface area contributed by atoms with Crippen LogP contribution in [0.1, 0.15) is 18.4 Å². The van der Waals surface area contributed by atoms with Crippen LogP contribution >= 0.6 is 11.6 Å². The first-order chi connectivity index (χ1) is 8.92. The van der Waals surface area contributed by atoms with Crippen molar-refractivity contribution in [1.29, 1.82) is 0 Å². The third kappa shape index (κ3) is 5.10. The van der Waals surface area contributed by atoms with Gasteiger partial charge in [-0.3, -0.25) is 4.90 Å². The van der Waals surface area contributed by atoms with Crippen LogP contribution in [-0.4, -0.2) is 38.7 Å². The average molecular weight is 303 g/mol. The molecule has 0 bridgehead atoms. The third-order valence-electron chi connectivity index (χ3n) is 3.21. The zero-order chi connectivity index (χ0) is 13.9. The Balaban J connectivity index is 1.92. The van der Waals surface area contributed by atoms with Gasteiger partial charge in [0, 0.05) is 24.2 Å². The van der Waals surface area contributed by atoms with Crippen LogP contribution in [0.4, 0.5) is 0 Å². The maximum atomic E-state index is 11.3. The zero-order valence-electron chi connectivity index (χ0n) is 11.0. The lowest BCUT2D eigenvalue weighted by Crippen LogP contribution is -2.46. The fraction of sp³-hybridized carbons (Fsp3) is 0.538. The van der Waals surface area contributed by atoms with Gasteiger partial charge in [-0.2, -0.15) is 0 Å². The third-order valence-corrected chi connectivity index (χ3v) is 4.22. The Bertz CT molecular complexity index is 516. The summed E-state index contributed by atoms with van der Waals surface area (Å²) in [5.41, 5.74) is 1.20. The zero-order valence-corrected chi connectivity index (χ0v) is 12.5. The van der Waals surface area contributed by atoms with Crippen molar-refractivity contribution in [2.24, 2.45) is 0 Å². The Morgan fingerprint density at radius 1 is 1.37 bits per heavy atom. The molecule has 19 heavy (non-hydrogen) atoms. The number of hydrogen-bond acceptors (Lipinski definition) is 3. The van der Waals surface area contributed by atoms with Gasteiger partial charge in [0.05, 0.1) is 6.26 Å². The molecule has 106 valence electrons. The van der Waals surface area contributed by atoms with E-state index in [9.17, 15) is 8.42 Å². The molecule has 2 rings (SSSR count). The Morgan fingerprint density at radius 2 is 2.05 bits per heavy atom. The number of likely N-dealkylation sites (tertiary alicyclic amines) is 1. The summed E-state index contributed by atoms with van der Waals surface area (Å²) in [6.45, 7) is 2.60. The van der Waals surface area contributed by atoms with E-state index in [4.69, 9.17) is 11.6 Å². The van der Waals surface area contributed by atoms with Gasteiger partial charge < -0.3 is 0 Å². The second-order valence-corrected chi connectivity index (χ2v) is 7.31. The summed E-state index contributed by atoms with van der Waals surface area (Å²) in [5.74, 6) is 0. The number of benzene rings is 1. The fourth-order valence-corrected chi connectivity index (χ4v) is 3.37. The van der Waals surface area contributed by atoms with E-state index in [-0.39, 0.29) is 6.04 Å². The molecule has 0 aromatic heterocycles. The van der Waals surface area contributed by atoms with E-state index in [2.05, 4.69) is 9.62 Å². The van der Waals surface area contributed by atoms with Crippen LogP contribution in [-0.2, 0) is 16.6 Å². The molecule has 0 saturated carbocycles. The standard InChI is InChI=1S/C13H19ClN2O2S/c1-19(17,18)15-13-3-2-8-16(10-13)9-11-4-6-12(14)7-5-11/h4-7,13,15H,2-3,8-10H2,1H3. The highest BCUT2D eigenvalue weighted by molar-refractivity contribution is 7.88. The molecular formula is C13H19ClN2O2S. The highest BCUT2D eigenvalue weighted by Gasteiger charge is 2.22. The fourth-order valence-electron chi connectivity index (χ4n) is 2.45. The van der Waals surface area contributed by atoms with Gasteiger partial charge in [0.1, 0.15) is 0 Å². The maximum Gasteiger partial charge on any atom is 0.208 e. The number of piperidine rings is 1. The molecule has 0 spiro atoms. The van der Waals surface area contributed by atoms with Gasteiger partial charge in [0.25, 0.3) is 0 Å². The van der Waals surface area contributed by atoms with E-state index >= 15 is 0 Å². The van der Waals surface area contributed by atoms with Gasteiger partial charge in [-0.1, -0.05) is 23.7 Å². The molecule has 1 aromatic rings. The monoisotopic (exact) mass is 302 g/mol. The van der Waals surface area contributed by atoms with E-state index in [1.807, 2.05) is 24.3 Å². The number of nitrogens with one attached hydrogen (secondary N) is 1. The van der Waals surface area contributed by atoms with Crippen LogP contribution in [0.2, 0.25) is 5.02 Å². The Labute approximate surface area is 119 Å². The van der Waals surface area contributed by atoms with Crippen LogP contribution in [0.3, 0.4) is 0 Å². The average Bonchev–Trinajstić information content (AvgIpc) is 2.30. The smallest absolute Gasteiger partial charge is 0.208 e. The number of rotatable bonds is 4. The van der Waals surface area contributed by atoms with E-state index in [1.54, 1.807) is 0 Å². The summed E-state index contributed by atoms with van der Waals surface area (Å²) in [5, 5.41) is 0.735. The summed E-state index contributed by atoms with van der Waals surface area (Å²) >= 11 is 5.86. The number of halogens is 1. The molecule has 1 unspecified atom stereocenters. The predicted octanol–water partition coefficient (Wildman–Crippen LogP) is 1.85. The lowest BCUT2D eigenvalue weighted by atomic mass is 10.1. The Morgan fingerprint density at radius 3 is 2.68 bits per heavy atom. The number of sulfonamides is 1.